The number of benzene rings is 3. The van der Waals surface area contributed by atoms with E-state index in [0.717, 1.165) is 5.56 Å². The van der Waals surface area contributed by atoms with E-state index >= 15 is 0 Å². The molecule has 3 rings (SSSR count). The Balaban J connectivity index is 1.60. The van der Waals surface area contributed by atoms with Crippen molar-refractivity contribution in [1.29, 1.82) is 0 Å². The van der Waals surface area contributed by atoms with Gasteiger partial charge in [-0.2, -0.15) is 0 Å². The van der Waals surface area contributed by atoms with Crippen molar-refractivity contribution in [2.45, 2.75) is 24.9 Å². The average molecular weight is 455 g/mol. The lowest BCUT2D eigenvalue weighted by Gasteiger charge is -2.17. The van der Waals surface area contributed by atoms with E-state index in [4.69, 9.17) is 0 Å². The smallest absolute Gasteiger partial charge is 0.253 e. The highest BCUT2D eigenvalue weighted by atomic mass is 32.2. The van der Waals surface area contributed by atoms with Crippen LogP contribution < -0.4 is 4.72 Å². The number of hydrogen-bond acceptors (Lipinski definition) is 4. The molecular weight excluding hydrogens is 431 g/mol. The van der Waals surface area contributed by atoms with Crippen LogP contribution in [-0.4, -0.2) is 32.1 Å². The SMILES string of the molecule is CC(=O)c1ccc(S(=O)(=O)NCc2ccc(C(=O)N(C)Cc3ccc(F)cc3)cc2)cc1. The van der Waals surface area contributed by atoms with Crippen LogP contribution in [0.1, 0.15) is 38.8 Å². The first-order valence-corrected chi connectivity index (χ1v) is 11.3. The second kappa shape index (κ2) is 9.84. The summed E-state index contributed by atoms with van der Waals surface area (Å²) in [5.74, 6) is -0.672. The van der Waals surface area contributed by atoms with Crippen molar-refractivity contribution in [2.24, 2.45) is 0 Å². The highest BCUT2D eigenvalue weighted by Gasteiger charge is 2.15. The van der Waals surface area contributed by atoms with Crippen LogP contribution in [0.25, 0.3) is 0 Å². The third-order valence-electron chi connectivity index (χ3n) is 4.92. The highest BCUT2D eigenvalue weighted by molar-refractivity contribution is 7.89. The molecule has 1 amide bonds. The van der Waals surface area contributed by atoms with Gasteiger partial charge in [0.05, 0.1) is 4.90 Å². The van der Waals surface area contributed by atoms with Crippen molar-refractivity contribution in [3.63, 3.8) is 0 Å². The van der Waals surface area contributed by atoms with Crippen LogP contribution >= 0.6 is 0 Å². The summed E-state index contributed by atoms with van der Waals surface area (Å²) in [6.45, 7) is 1.80. The van der Waals surface area contributed by atoms with Crippen LogP contribution in [-0.2, 0) is 23.1 Å². The van der Waals surface area contributed by atoms with Crippen LogP contribution in [0.2, 0.25) is 0 Å². The minimum Gasteiger partial charge on any atom is -0.337 e. The van der Waals surface area contributed by atoms with Gasteiger partial charge in [0.2, 0.25) is 10.0 Å². The fourth-order valence-electron chi connectivity index (χ4n) is 3.05. The second-order valence-electron chi connectivity index (χ2n) is 7.39. The summed E-state index contributed by atoms with van der Waals surface area (Å²) in [5.41, 5.74) is 2.39. The van der Waals surface area contributed by atoms with Crippen LogP contribution in [0.5, 0.6) is 0 Å². The van der Waals surface area contributed by atoms with Gasteiger partial charge >= 0.3 is 0 Å². The Labute approximate surface area is 186 Å². The zero-order chi connectivity index (χ0) is 23.3. The number of nitrogens with one attached hydrogen (secondary N) is 1. The molecule has 0 bridgehead atoms. The summed E-state index contributed by atoms with van der Waals surface area (Å²) >= 11 is 0. The summed E-state index contributed by atoms with van der Waals surface area (Å²) in [7, 11) is -2.08. The highest BCUT2D eigenvalue weighted by Crippen LogP contribution is 2.14. The predicted octanol–water partition coefficient (Wildman–Crippen LogP) is 3.78. The van der Waals surface area contributed by atoms with Gasteiger partial charge in [-0.25, -0.2) is 17.5 Å². The molecule has 0 fully saturated rings. The molecule has 0 saturated heterocycles. The number of Topliss-reactive ketones (excluding diaryl/α,β-unsaturated/α-hetero) is 1. The molecule has 3 aromatic carbocycles. The maximum atomic E-state index is 13.0. The third kappa shape index (κ3) is 5.87. The minimum atomic E-state index is -3.74. The van der Waals surface area contributed by atoms with E-state index in [9.17, 15) is 22.4 Å². The van der Waals surface area contributed by atoms with Gasteiger partial charge in [0.15, 0.2) is 5.78 Å². The monoisotopic (exact) mass is 454 g/mol. The van der Waals surface area contributed by atoms with Gasteiger partial charge in [0, 0.05) is 31.3 Å². The molecule has 1 N–H and O–H groups in total. The molecule has 0 aliphatic carbocycles. The Hall–Kier alpha value is -3.36. The molecule has 0 radical (unpaired) electrons. The fraction of sp³-hybridized carbons (Fsp3) is 0.167. The lowest BCUT2D eigenvalue weighted by Crippen LogP contribution is -2.26. The fourth-order valence-corrected chi connectivity index (χ4v) is 4.07. The Morgan fingerprint density at radius 1 is 0.844 bits per heavy atom. The minimum absolute atomic E-state index is 0.0523. The molecule has 32 heavy (non-hydrogen) atoms. The summed E-state index contributed by atoms with van der Waals surface area (Å²) < 4.78 is 40.5. The topological polar surface area (TPSA) is 83.5 Å². The van der Waals surface area contributed by atoms with E-state index in [1.54, 1.807) is 43.4 Å². The largest absolute Gasteiger partial charge is 0.337 e. The molecule has 0 heterocycles. The maximum Gasteiger partial charge on any atom is 0.253 e. The van der Waals surface area contributed by atoms with Crippen molar-refractivity contribution in [1.82, 2.24) is 9.62 Å². The molecule has 6 nitrogen and oxygen atoms in total. The van der Waals surface area contributed by atoms with Gasteiger partial charge in [-0.3, -0.25) is 9.59 Å². The van der Waals surface area contributed by atoms with E-state index in [-0.39, 0.29) is 28.9 Å². The number of hydrogen-bond donors (Lipinski definition) is 1. The number of carbonyl (C=O) groups is 2. The molecule has 0 aromatic heterocycles. The van der Waals surface area contributed by atoms with Gasteiger partial charge in [-0.15, -0.1) is 0 Å². The van der Waals surface area contributed by atoms with Gasteiger partial charge in [-0.1, -0.05) is 36.4 Å². The van der Waals surface area contributed by atoms with Crippen molar-refractivity contribution >= 4 is 21.7 Å². The van der Waals surface area contributed by atoms with E-state index in [0.29, 0.717) is 23.2 Å². The van der Waals surface area contributed by atoms with Crippen LogP contribution in [0.3, 0.4) is 0 Å². The molecule has 3 aromatic rings. The normalized spacial score (nSPS) is 11.2. The molecular formula is C24H23FN2O4S. The van der Waals surface area contributed by atoms with E-state index in [1.165, 1.54) is 48.2 Å². The summed E-state index contributed by atoms with van der Waals surface area (Å²) in [4.78, 5) is 25.5. The molecule has 0 aliphatic rings. The lowest BCUT2D eigenvalue weighted by molar-refractivity contribution is 0.0785. The van der Waals surface area contributed by atoms with Gasteiger partial charge < -0.3 is 4.90 Å². The molecule has 0 unspecified atom stereocenters. The van der Waals surface area contributed by atoms with Crippen LogP contribution in [0.15, 0.2) is 77.7 Å². The van der Waals surface area contributed by atoms with Crippen molar-refractivity contribution in [3.05, 3.63) is 101 Å². The molecule has 8 heteroatoms. The molecule has 0 aliphatic heterocycles. The van der Waals surface area contributed by atoms with E-state index < -0.39 is 10.0 Å². The van der Waals surface area contributed by atoms with Crippen molar-refractivity contribution < 1.29 is 22.4 Å². The van der Waals surface area contributed by atoms with Crippen molar-refractivity contribution in [3.8, 4) is 0 Å². The number of sulfonamides is 1. The maximum absolute atomic E-state index is 13.0. The number of halogens is 1. The van der Waals surface area contributed by atoms with Crippen molar-refractivity contribution in [2.75, 3.05) is 7.05 Å². The number of amides is 1. The van der Waals surface area contributed by atoms with Crippen LogP contribution in [0, 0.1) is 5.82 Å². The molecule has 0 saturated carbocycles. The zero-order valence-corrected chi connectivity index (χ0v) is 18.5. The Bertz CT molecular complexity index is 1210. The Morgan fingerprint density at radius 3 is 1.94 bits per heavy atom. The van der Waals surface area contributed by atoms with E-state index in [1.807, 2.05) is 0 Å². The molecule has 0 spiro atoms. The predicted molar refractivity (Wildman–Crippen MR) is 119 cm³/mol. The quantitative estimate of drug-likeness (QED) is 0.525. The molecule has 166 valence electrons. The Kier molecular flexibility index (Phi) is 7.17. The number of nitrogens with zero attached hydrogens (tertiary/aromatic N) is 1. The first kappa shape index (κ1) is 23.3. The lowest BCUT2D eigenvalue weighted by atomic mass is 10.1. The van der Waals surface area contributed by atoms with E-state index in [2.05, 4.69) is 4.72 Å². The third-order valence-corrected chi connectivity index (χ3v) is 6.34. The van der Waals surface area contributed by atoms with Gasteiger partial charge in [0.1, 0.15) is 5.82 Å². The van der Waals surface area contributed by atoms with Gasteiger partial charge in [0.25, 0.3) is 5.91 Å². The first-order valence-electron chi connectivity index (χ1n) is 9.85. The zero-order valence-electron chi connectivity index (χ0n) is 17.7. The Morgan fingerprint density at radius 2 is 1.38 bits per heavy atom. The number of ketones is 1. The standard InChI is InChI=1S/C24H23FN2O4S/c1-17(28)20-9-13-23(14-10-20)32(30,31)26-15-18-3-7-21(8-4-18)24(29)27(2)16-19-5-11-22(25)12-6-19/h3-14,26H,15-16H2,1-2H3. The summed E-state index contributed by atoms with van der Waals surface area (Å²) in [6, 6.07) is 18.3. The average Bonchev–Trinajstić information content (AvgIpc) is 2.79. The second-order valence-corrected chi connectivity index (χ2v) is 9.16. The van der Waals surface area contributed by atoms with Gasteiger partial charge in [-0.05, 0) is 54.4 Å². The first-order chi connectivity index (χ1) is 15.2. The molecule has 0 atom stereocenters. The summed E-state index contributed by atoms with van der Waals surface area (Å²) in [6.07, 6.45) is 0. The summed E-state index contributed by atoms with van der Waals surface area (Å²) in [5, 5.41) is 0. The number of rotatable bonds is 8. The number of carbonyl (C=O) groups excluding carboxylic acids is 2. The van der Waals surface area contributed by atoms with Crippen LogP contribution in [0.4, 0.5) is 4.39 Å².